The molecule has 0 aromatic heterocycles. The van der Waals surface area contributed by atoms with Gasteiger partial charge in [-0.05, 0) is 0 Å². The second-order valence-electron chi connectivity index (χ2n) is 1.15. The van der Waals surface area contributed by atoms with Gasteiger partial charge in [0, 0.05) is 26.2 Å². The minimum absolute atomic E-state index is 0. The molecule has 0 heterocycles. The van der Waals surface area contributed by atoms with Crippen molar-refractivity contribution in [3.05, 3.63) is 26.3 Å². The molecule has 8 N–H and O–H groups in total. The average molecular weight is 504 g/mol. The minimum atomic E-state index is 0. The van der Waals surface area contributed by atoms with Gasteiger partial charge in [-0.3, -0.25) is 0 Å². The molecule has 19 heavy (non-hydrogen) atoms. The van der Waals surface area contributed by atoms with Crippen LogP contribution in [0.5, 0.6) is 0 Å². The second-order valence-corrected chi connectivity index (χ2v) is 1.15. The summed E-state index contributed by atoms with van der Waals surface area (Å²) >= 11 is 0. The summed E-state index contributed by atoms with van der Waals surface area (Å²) in [6.45, 7) is 21.4. The van der Waals surface area contributed by atoms with Crippen LogP contribution in [0, 0.1) is 47.3 Å². The molecule has 0 aromatic rings. The van der Waals surface area contributed by atoms with Crippen molar-refractivity contribution in [3.8, 4) is 0 Å². The summed E-state index contributed by atoms with van der Waals surface area (Å²) in [6.07, 6.45) is 0. The van der Waals surface area contributed by atoms with Crippen LogP contribution in [-0.2, 0) is 61.8 Å². The Morgan fingerprint density at radius 2 is 0.526 bits per heavy atom. The second kappa shape index (κ2) is 348. The summed E-state index contributed by atoms with van der Waals surface area (Å²) in [5, 5.41) is 25.0. The Hall–Kier alpha value is -0.200. The third-order valence-electron chi connectivity index (χ3n) is 0.333. The Morgan fingerprint density at radius 3 is 0.526 bits per heavy atom. The molecule has 0 aliphatic rings. The van der Waals surface area contributed by atoms with E-state index in [2.05, 4.69) is 0 Å². The predicted molar refractivity (Wildman–Crippen MR) is 56.1 cm³/mol. The monoisotopic (exact) mass is 501 g/mol. The zero-order valence-electron chi connectivity index (χ0n) is 9.83. The van der Waals surface area contributed by atoms with Crippen molar-refractivity contribution >= 4 is 0 Å². The van der Waals surface area contributed by atoms with Crippen LogP contribution in [0.3, 0.4) is 0 Å². The van der Waals surface area contributed by atoms with Crippen molar-refractivity contribution < 1.29 is 61.8 Å². The third-order valence-corrected chi connectivity index (χ3v) is 0.333. The molecule has 121 valence electrons. The van der Waals surface area contributed by atoms with E-state index < -0.39 is 0 Å². The molecule has 0 aliphatic carbocycles. The molecular formula is C8H16Ag2CuN8. The summed E-state index contributed by atoms with van der Waals surface area (Å²) in [5.74, 6) is 0. The summed E-state index contributed by atoms with van der Waals surface area (Å²) in [4.78, 5) is 0. The summed E-state index contributed by atoms with van der Waals surface area (Å²) in [6, 6.07) is 0. The molecule has 8 nitrogen and oxygen atoms in total. The first kappa shape index (κ1) is 62.0. The molecule has 0 atom stereocenters. The van der Waals surface area contributed by atoms with Crippen LogP contribution in [0.25, 0.3) is 0 Å². The zero-order valence-corrected chi connectivity index (χ0v) is 13.7. The van der Waals surface area contributed by atoms with E-state index in [0.29, 0.717) is 26.2 Å². The summed E-state index contributed by atoms with van der Waals surface area (Å²) in [7, 11) is 0. The largest absolute Gasteiger partial charge is 2.00 e. The van der Waals surface area contributed by atoms with Crippen LogP contribution in [0.2, 0.25) is 0 Å². The number of hydrogen-bond acceptors (Lipinski definition) is 8. The SMILES string of the molecule is NCCN.NCCN.[Ag+].[Ag+].[C-]#N.[C-]#N.[C-]#N.[C-]#N.[Cu+2]. The van der Waals surface area contributed by atoms with Crippen molar-refractivity contribution in [2.45, 2.75) is 0 Å². The topological polar surface area (TPSA) is 199 Å². The maximum absolute atomic E-state index is 6.25. The van der Waals surface area contributed by atoms with Crippen molar-refractivity contribution in [1.82, 2.24) is 0 Å². The Morgan fingerprint density at radius 1 is 0.474 bits per heavy atom. The molecule has 0 saturated carbocycles. The van der Waals surface area contributed by atoms with E-state index >= 15 is 0 Å². The van der Waals surface area contributed by atoms with E-state index in [0.717, 1.165) is 0 Å². The van der Waals surface area contributed by atoms with Crippen molar-refractivity contribution in [2.24, 2.45) is 22.9 Å². The van der Waals surface area contributed by atoms with Gasteiger partial charge in [-0.2, -0.15) is 0 Å². The van der Waals surface area contributed by atoms with Crippen LogP contribution in [0.1, 0.15) is 0 Å². The van der Waals surface area contributed by atoms with Gasteiger partial charge in [-0.25, -0.2) is 0 Å². The van der Waals surface area contributed by atoms with Gasteiger partial charge in [-0.15, -0.1) is 0 Å². The first-order valence-corrected chi connectivity index (χ1v) is 3.53. The Kier molecular flexibility index (Phi) is 1140. The van der Waals surface area contributed by atoms with Gasteiger partial charge in [0.2, 0.25) is 0 Å². The molecule has 0 rings (SSSR count). The zero-order chi connectivity index (χ0) is 14.8. The molecule has 1 radical (unpaired) electrons. The van der Waals surface area contributed by atoms with Gasteiger partial charge in [0.15, 0.2) is 0 Å². The van der Waals surface area contributed by atoms with Crippen molar-refractivity contribution in [3.63, 3.8) is 0 Å². The third kappa shape index (κ3) is 1370. The molecule has 0 aliphatic heterocycles. The Bertz CT molecular complexity index is 108. The van der Waals surface area contributed by atoms with Gasteiger partial charge >= 0.3 is 61.8 Å². The fourth-order valence-corrected chi connectivity index (χ4v) is 0. The molecule has 0 bridgehead atoms. The van der Waals surface area contributed by atoms with E-state index in [4.69, 9.17) is 70.3 Å². The van der Waals surface area contributed by atoms with Gasteiger partial charge in [0.1, 0.15) is 0 Å². The van der Waals surface area contributed by atoms with E-state index in [9.17, 15) is 0 Å². The van der Waals surface area contributed by atoms with Crippen molar-refractivity contribution in [1.29, 1.82) is 21.0 Å². The molecular weight excluding hydrogens is 487 g/mol. The van der Waals surface area contributed by atoms with Crippen LogP contribution >= 0.6 is 0 Å². The number of nitrogens with zero attached hydrogens (tertiary/aromatic N) is 4. The van der Waals surface area contributed by atoms with E-state index in [-0.39, 0.29) is 61.8 Å². The Labute approximate surface area is 157 Å². The van der Waals surface area contributed by atoms with Crippen LogP contribution in [0.15, 0.2) is 0 Å². The van der Waals surface area contributed by atoms with Crippen molar-refractivity contribution in [2.75, 3.05) is 26.2 Å². The van der Waals surface area contributed by atoms with Crippen LogP contribution in [0.4, 0.5) is 0 Å². The number of hydrogen-bond donors (Lipinski definition) is 4. The molecule has 0 unspecified atom stereocenters. The molecule has 11 heteroatoms. The maximum Gasteiger partial charge on any atom is 2.00 e. The smallest absolute Gasteiger partial charge is 0.512 e. The predicted octanol–water partition coefficient (Wildman–Crippen LogP) is -1.81. The number of rotatable bonds is 2. The quantitative estimate of drug-likeness (QED) is 0.249. The van der Waals surface area contributed by atoms with Crippen LogP contribution < -0.4 is 22.9 Å². The van der Waals surface area contributed by atoms with Gasteiger partial charge in [0.05, 0.1) is 0 Å². The maximum atomic E-state index is 6.25. The first-order valence-electron chi connectivity index (χ1n) is 3.53. The first-order chi connectivity index (χ1) is 7.83. The molecule has 0 spiro atoms. The molecule has 0 saturated heterocycles. The summed E-state index contributed by atoms with van der Waals surface area (Å²) < 4.78 is 0. The van der Waals surface area contributed by atoms with Gasteiger partial charge in [-0.1, -0.05) is 0 Å². The van der Waals surface area contributed by atoms with E-state index in [1.165, 1.54) is 0 Å². The van der Waals surface area contributed by atoms with Gasteiger partial charge < -0.3 is 70.3 Å². The Balaban J connectivity index is -0.00000000908. The van der Waals surface area contributed by atoms with Crippen LogP contribution in [-0.4, -0.2) is 26.2 Å². The average Bonchev–Trinajstić information content (AvgIpc) is 2.47. The normalized spacial score (nSPS) is 3.58. The molecule has 0 amide bonds. The minimum Gasteiger partial charge on any atom is -0.512 e. The number of nitrogens with two attached hydrogens (primary N) is 4. The summed E-state index contributed by atoms with van der Waals surface area (Å²) in [5.41, 5.74) is 19.6. The van der Waals surface area contributed by atoms with E-state index in [1.54, 1.807) is 0 Å². The fraction of sp³-hybridized carbons (Fsp3) is 0.500. The van der Waals surface area contributed by atoms with E-state index in [1.807, 2.05) is 0 Å². The molecule has 0 aromatic carbocycles. The van der Waals surface area contributed by atoms with Gasteiger partial charge in [0.25, 0.3) is 0 Å². The fourth-order valence-electron chi connectivity index (χ4n) is 0. The standard InChI is InChI=1S/2C2H8N2.4CN.2Ag.Cu/c2*3-1-2-4;4*1-2;;;/h2*1-4H2;;;;;;;/q;;4*-1;2*+1;+2. The molecule has 0 fully saturated rings.